The zero-order valence-corrected chi connectivity index (χ0v) is 11.2. The van der Waals surface area contributed by atoms with Gasteiger partial charge in [-0.15, -0.1) is 0 Å². The lowest BCUT2D eigenvalue weighted by molar-refractivity contribution is 0.117. The summed E-state index contributed by atoms with van der Waals surface area (Å²) in [5.74, 6) is 1.83. The van der Waals surface area contributed by atoms with Crippen LogP contribution in [0.3, 0.4) is 0 Å². The highest BCUT2D eigenvalue weighted by atomic mass is 15.1. The quantitative estimate of drug-likeness (QED) is 0.758. The van der Waals surface area contributed by atoms with Crippen LogP contribution in [0.1, 0.15) is 38.7 Å². The van der Waals surface area contributed by atoms with Crippen LogP contribution in [0.15, 0.2) is 30.3 Å². The van der Waals surface area contributed by atoms with E-state index in [0.29, 0.717) is 0 Å². The molecule has 2 atom stereocenters. The first-order valence-electron chi connectivity index (χ1n) is 7.06. The lowest BCUT2D eigenvalue weighted by Crippen LogP contribution is -2.38. The molecule has 0 saturated carbocycles. The number of benzene rings is 1. The summed E-state index contributed by atoms with van der Waals surface area (Å²) < 4.78 is 0. The largest absolute Gasteiger partial charge is 0.299 e. The Kier molecular flexibility index (Phi) is 4.61. The first kappa shape index (κ1) is 12.6. The van der Waals surface area contributed by atoms with Crippen LogP contribution in [0.5, 0.6) is 0 Å². The monoisotopic (exact) mass is 231 g/mol. The lowest BCUT2D eigenvalue weighted by atomic mass is 9.83. The van der Waals surface area contributed by atoms with Crippen molar-refractivity contribution >= 4 is 0 Å². The fourth-order valence-electron chi connectivity index (χ4n) is 3.07. The van der Waals surface area contributed by atoms with E-state index in [1.807, 2.05) is 0 Å². The Bertz CT molecular complexity index is 320. The maximum atomic E-state index is 2.62. The van der Waals surface area contributed by atoms with E-state index < -0.39 is 0 Å². The lowest BCUT2D eigenvalue weighted by Gasteiger charge is -2.37. The predicted molar refractivity (Wildman–Crippen MR) is 73.9 cm³/mol. The van der Waals surface area contributed by atoms with Gasteiger partial charge >= 0.3 is 0 Å². The summed E-state index contributed by atoms with van der Waals surface area (Å²) in [5, 5.41) is 0. The van der Waals surface area contributed by atoms with Crippen LogP contribution >= 0.6 is 0 Å². The molecule has 1 aliphatic rings. The zero-order valence-electron chi connectivity index (χ0n) is 11.2. The molecule has 1 aromatic carbocycles. The second-order valence-corrected chi connectivity index (χ2v) is 5.54. The molecule has 1 nitrogen and oxygen atoms in total. The van der Waals surface area contributed by atoms with Crippen molar-refractivity contribution in [2.24, 2.45) is 11.8 Å². The van der Waals surface area contributed by atoms with Crippen molar-refractivity contribution < 1.29 is 0 Å². The molecule has 2 rings (SSSR count). The first-order chi connectivity index (χ1) is 8.29. The Morgan fingerprint density at radius 1 is 1.24 bits per heavy atom. The van der Waals surface area contributed by atoms with Crippen LogP contribution in [-0.4, -0.2) is 18.0 Å². The topological polar surface area (TPSA) is 3.24 Å². The molecule has 1 aliphatic heterocycles. The SMILES string of the molecule is CCCC1CCN(Cc2ccccc2)CC1C. The summed E-state index contributed by atoms with van der Waals surface area (Å²) in [5.41, 5.74) is 1.45. The van der Waals surface area contributed by atoms with E-state index in [2.05, 4.69) is 49.1 Å². The summed E-state index contributed by atoms with van der Waals surface area (Å²) in [4.78, 5) is 2.62. The predicted octanol–water partition coefficient (Wildman–Crippen LogP) is 3.94. The van der Waals surface area contributed by atoms with Gasteiger partial charge in [0.1, 0.15) is 0 Å². The molecule has 94 valence electrons. The molecular weight excluding hydrogens is 206 g/mol. The second kappa shape index (κ2) is 6.20. The third-order valence-electron chi connectivity index (χ3n) is 4.08. The van der Waals surface area contributed by atoms with Crippen molar-refractivity contribution in [2.75, 3.05) is 13.1 Å². The van der Waals surface area contributed by atoms with Gasteiger partial charge in [-0.05, 0) is 30.4 Å². The normalized spacial score (nSPS) is 26.0. The molecule has 1 heterocycles. The molecule has 0 aliphatic carbocycles. The van der Waals surface area contributed by atoms with Gasteiger partial charge in [-0.2, -0.15) is 0 Å². The molecule has 0 amide bonds. The van der Waals surface area contributed by atoms with Gasteiger partial charge in [-0.3, -0.25) is 4.90 Å². The van der Waals surface area contributed by atoms with Gasteiger partial charge in [0.15, 0.2) is 0 Å². The number of likely N-dealkylation sites (tertiary alicyclic amines) is 1. The summed E-state index contributed by atoms with van der Waals surface area (Å²) in [7, 11) is 0. The van der Waals surface area contributed by atoms with Crippen LogP contribution in [0.25, 0.3) is 0 Å². The molecule has 1 fully saturated rings. The summed E-state index contributed by atoms with van der Waals surface area (Å²) in [6.07, 6.45) is 4.15. The summed E-state index contributed by atoms with van der Waals surface area (Å²) >= 11 is 0. The van der Waals surface area contributed by atoms with Crippen molar-refractivity contribution in [3.8, 4) is 0 Å². The molecule has 0 N–H and O–H groups in total. The fourth-order valence-corrected chi connectivity index (χ4v) is 3.07. The highest BCUT2D eigenvalue weighted by Crippen LogP contribution is 2.27. The number of nitrogens with zero attached hydrogens (tertiary/aromatic N) is 1. The van der Waals surface area contributed by atoms with Crippen LogP contribution in [0.4, 0.5) is 0 Å². The molecule has 0 aromatic heterocycles. The number of hydrogen-bond donors (Lipinski definition) is 0. The van der Waals surface area contributed by atoms with Gasteiger partial charge < -0.3 is 0 Å². The van der Waals surface area contributed by atoms with E-state index >= 15 is 0 Å². The van der Waals surface area contributed by atoms with Gasteiger partial charge in [-0.1, -0.05) is 57.0 Å². The number of piperidine rings is 1. The molecule has 2 unspecified atom stereocenters. The maximum absolute atomic E-state index is 2.62. The van der Waals surface area contributed by atoms with E-state index in [1.165, 1.54) is 37.9 Å². The van der Waals surface area contributed by atoms with Gasteiger partial charge in [0.2, 0.25) is 0 Å². The van der Waals surface area contributed by atoms with Crippen LogP contribution < -0.4 is 0 Å². The zero-order chi connectivity index (χ0) is 12.1. The first-order valence-corrected chi connectivity index (χ1v) is 7.06. The van der Waals surface area contributed by atoms with Crippen LogP contribution in [0.2, 0.25) is 0 Å². The smallest absolute Gasteiger partial charge is 0.0233 e. The fraction of sp³-hybridized carbons (Fsp3) is 0.625. The van der Waals surface area contributed by atoms with Gasteiger partial charge in [0.05, 0.1) is 0 Å². The van der Waals surface area contributed by atoms with E-state index in [1.54, 1.807) is 0 Å². The number of rotatable bonds is 4. The Balaban J connectivity index is 1.85. The maximum Gasteiger partial charge on any atom is 0.0233 e. The summed E-state index contributed by atoms with van der Waals surface area (Å²) in [6.45, 7) is 8.42. The molecular formula is C16H25N. The Morgan fingerprint density at radius 3 is 2.65 bits per heavy atom. The van der Waals surface area contributed by atoms with Gasteiger partial charge in [0.25, 0.3) is 0 Å². The third kappa shape index (κ3) is 3.57. The van der Waals surface area contributed by atoms with E-state index in [9.17, 15) is 0 Å². The molecule has 17 heavy (non-hydrogen) atoms. The third-order valence-corrected chi connectivity index (χ3v) is 4.08. The molecule has 1 aromatic rings. The minimum absolute atomic E-state index is 0.868. The van der Waals surface area contributed by atoms with Crippen LogP contribution in [0, 0.1) is 11.8 Å². The van der Waals surface area contributed by atoms with E-state index in [-0.39, 0.29) is 0 Å². The van der Waals surface area contributed by atoms with E-state index in [4.69, 9.17) is 0 Å². The number of hydrogen-bond acceptors (Lipinski definition) is 1. The van der Waals surface area contributed by atoms with Crippen LogP contribution in [-0.2, 0) is 6.54 Å². The van der Waals surface area contributed by atoms with Crippen molar-refractivity contribution in [1.82, 2.24) is 4.90 Å². The minimum Gasteiger partial charge on any atom is -0.299 e. The van der Waals surface area contributed by atoms with Crippen molar-refractivity contribution in [1.29, 1.82) is 0 Å². The van der Waals surface area contributed by atoms with Crippen molar-refractivity contribution in [2.45, 2.75) is 39.7 Å². The average Bonchev–Trinajstić information content (AvgIpc) is 2.34. The molecule has 1 saturated heterocycles. The standard InChI is InChI=1S/C16H25N/c1-3-7-16-10-11-17(12-14(16)2)13-15-8-5-4-6-9-15/h4-6,8-9,14,16H,3,7,10-13H2,1-2H3. The minimum atomic E-state index is 0.868. The Morgan fingerprint density at radius 2 is 2.00 bits per heavy atom. The van der Waals surface area contributed by atoms with Crippen molar-refractivity contribution in [3.05, 3.63) is 35.9 Å². The second-order valence-electron chi connectivity index (χ2n) is 5.54. The molecule has 0 radical (unpaired) electrons. The summed E-state index contributed by atoms with van der Waals surface area (Å²) in [6, 6.07) is 10.9. The highest BCUT2D eigenvalue weighted by Gasteiger charge is 2.24. The highest BCUT2D eigenvalue weighted by molar-refractivity contribution is 5.14. The van der Waals surface area contributed by atoms with Crippen molar-refractivity contribution in [3.63, 3.8) is 0 Å². The van der Waals surface area contributed by atoms with E-state index in [0.717, 1.165) is 18.4 Å². The van der Waals surface area contributed by atoms with Gasteiger partial charge in [0, 0.05) is 13.1 Å². The average molecular weight is 231 g/mol. The molecule has 0 spiro atoms. The Hall–Kier alpha value is -0.820. The molecule has 1 heteroatoms. The molecule has 0 bridgehead atoms. The van der Waals surface area contributed by atoms with Gasteiger partial charge in [-0.25, -0.2) is 0 Å². The Labute approximate surface area is 106 Å².